The topological polar surface area (TPSA) is 36.8 Å². The first-order valence-corrected chi connectivity index (χ1v) is 8.01. The van der Waals surface area contributed by atoms with Crippen molar-refractivity contribution in [3.8, 4) is 0 Å². The molecule has 0 aromatic carbocycles. The third kappa shape index (κ3) is 2.12. The van der Waals surface area contributed by atoms with Crippen molar-refractivity contribution < 1.29 is 10.4 Å². The van der Waals surface area contributed by atoms with Crippen LogP contribution in [0.3, 0.4) is 0 Å². The van der Waals surface area contributed by atoms with Gasteiger partial charge in [-0.05, 0) is 77.0 Å². The molecule has 0 aromatic heterocycles. The highest BCUT2D eigenvalue weighted by Crippen LogP contribution is 2.61. The van der Waals surface area contributed by atoms with Gasteiger partial charge in [-0.1, -0.05) is 0 Å². The van der Waals surface area contributed by atoms with E-state index in [-0.39, 0.29) is 6.10 Å². The fraction of sp³-hybridized carbons (Fsp3) is 1.00. The molecular formula is C16H30NO+. The van der Waals surface area contributed by atoms with E-state index in [4.69, 9.17) is 0 Å². The second-order valence-corrected chi connectivity index (χ2v) is 8.02. The van der Waals surface area contributed by atoms with Crippen molar-refractivity contribution in [1.29, 1.82) is 0 Å². The molecule has 2 atom stereocenters. The number of rotatable bonds is 4. The first-order valence-electron chi connectivity index (χ1n) is 8.01. The van der Waals surface area contributed by atoms with Crippen LogP contribution in [0.2, 0.25) is 0 Å². The van der Waals surface area contributed by atoms with Crippen LogP contribution in [0.1, 0.15) is 59.3 Å². The molecule has 4 aliphatic carbocycles. The summed E-state index contributed by atoms with van der Waals surface area (Å²) in [6.07, 6.45) is 8.26. The predicted octanol–water partition coefficient (Wildman–Crippen LogP) is 1.92. The molecule has 0 amide bonds. The van der Waals surface area contributed by atoms with Crippen molar-refractivity contribution in [2.45, 2.75) is 77.5 Å². The number of hydrogen-bond donors (Lipinski definition) is 2. The minimum Gasteiger partial charge on any atom is -0.386 e. The maximum absolute atomic E-state index is 10.9. The monoisotopic (exact) mass is 252 g/mol. The summed E-state index contributed by atoms with van der Waals surface area (Å²) in [5.74, 6) is 2.83. The molecule has 0 unspecified atom stereocenters. The van der Waals surface area contributed by atoms with E-state index >= 15 is 0 Å². The molecule has 4 aliphatic rings. The number of quaternary nitrogens is 1. The van der Waals surface area contributed by atoms with Gasteiger partial charge in [0.25, 0.3) is 0 Å². The summed E-state index contributed by atoms with van der Waals surface area (Å²) in [6.45, 7) is 6.68. The van der Waals surface area contributed by atoms with Gasteiger partial charge in [0.05, 0.1) is 6.04 Å². The Balaban J connectivity index is 1.74. The van der Waals surface area contributed by atoms with Crippen molar-refractivity contribution in [2.75, 3.05) is 0 Å². The van der Waals surface area contributed by atoms with Crippen LogP contribution in [0, 0.1) is 23.2 Å². The third-order valence-corrected chi connectivity index (χ3v) is 5.90. The van der Waals surface area contributed by atoms with Crippen LogP contribution in [0.15, 0.2) is 0 Å². The molecule has 4 bridgehead atoms. The van der Waals surface area contributed by atoms with E-state index in [0.29, 0.717) is 17.5 Å². The van der Waals surface area contributed by atoms with Gasteiger partial charge in [0.15, 0.2) is 0 Å². The Labute approximate surface area is 112 Å². The molecule has 4 rings (SSSR count). The lowest BCUT2D eigenvalue weighted by Crippen LogP contribution is -2.96. The predicted molar refractivity (Wildman–Crippen MR) is 73.1 cm³/mol. The first kappa shape index (κ1) is 12.9. The van der Waals surface area contributed by atoms with Gasteiger partial charge in [-0.25, -0.2) is 0 Å². The lowest BCUT2D eigenvalue weighted by atomic mass is 9.47. The number of hydrogen-bond acceptors (Lipinski definition) is 1. The molecule has 2 heteroatoms. The number of aliphatic hydroxyl groups is 1. The number of aliphatic hydroxyl groups excluding tert-OH is 1. The number of nitrogens with two attached hydrogens (primary N) is 1. The second kappa shape index (κ2) is 4.49. The summed E-state index contributed by atoms with van der Waals surface area (Å²) >= 11 is 0. The molecule has 0 spiro atoms. The Morgan fingerprint density at radius 1 is 0.944 bits per heavy atom. The Hall–Kier alpha value is -0.0800. The SMILES string of the molecule is CC(C)[NH2+][C@@H](C)[C@H](O)C12CC3CC(CC(C3)C1)C2. The van der Waals surface area contributed by atoms with E-state index in [1.165, 1.54) is 38.5 Å². The zero-order valence-electron chi connectivity index (χ0n) is 12.2. The lowest BCUT2D eigenvalue weighted by Gasteiger charge is -2.58. The zero-order valence-corrected chi connectivity index (χ0v) is 12.2. The molecule has 104 valence electrons. The quantitative estimate of drug-likeness (QED) is 0.788. The van der Waals surface area contributed by atoms with Crippen molar-refractivity contribution in [2.24, 2.45) is 23.2 Å². The van der Waals surface area contributed by atoms with Crippen LogP contribution in [0.4, 0.5) is 0 Å². The van der Waals surface area contributed by atoms with Gasteiger partial charge in [0, 0.05) is 5.41 Å². The minimum absolute atomic E-state index is 0.0895. The van der Waals surface area contributed by atoms with Crippen LogP contribution in [-0.4, -0.2) is 23.3 Å². The van der Waals surface area contributed by atoms with E-state index in [1.54, 1.807) is 0 Å². The molecule has 0 heterocycles. The molecule has 0 saturated heterocycles. The molecule has 18 heavy (non-hydrogen) atoms. The fourth-order valence-corrected chi connectivity index (χ4v) is 5.81. The average Bonchev–Trinajstić information content (AvgIpc) is 2.25. The highest BCUT2D eigenvalue weighted by molar-refractivity contribution is 5.05. The van der Waals surface area contributed by atoms with Crippen LogP contribution >= 0.6 is 0 Å². The minimum atomic E-state index is -0.0895. The smallest absolute Gasteiger partial charge is 0.111 e. The maximum Gasteiger partial charge on any atom is 0.111 e. The third-order valence-electron chi connectivity index (χ3n) is 5.90. The Morgan fingerprint density at radius 3 is 1.78 bits per heavy atom. The summed E-state index contributed by atoms with van der Waals surface area (Å²) in [4.78, 5) is 0. The largest absolute Gasteiger partial charge is 0.386 e. The van der Waals surface area contributed by atoms with Crippen molar-refractivity contribution in [3.63, 3.8) is 0 Å². The summed E-state index contributed by atoms with van der Waals surface area (Å²) in [6, 6.07) is 0.949. The normalized spacial score (nSPS) is 45.5. The summed E-state index contributed by atoms with van der Waals surface area (Å²) < 4.78 is 0. The summed E-state index contributed by atoms with van der Waals surface area (Å²) in [7, 11) is 0. The van der Waals surface area contributed by atoms with Gasteiger partial charge >= 0.3 is 0 Å². The van der Waals surface area contributed by atoms with Crippen molar-refractivity contribution in [3.05, 3.63) is 0 Å². The van der Waals surface area contributed by atoms with Crippen molar-refractivity contribution >= 4 is 0 Å². The summed E-state index contributed by atoms with van der Waals surface area (Å²) in [5.41, 5.74) is 0.291. The molecule has 0 aliphatic heterocycles. The van der Waals surface area contributed by atoms with Gasteiger partial charge in [-0.15, -0.1) is 0 Å². The highest BCUT2D eigenvalue weighted by Gasteiger charge is 2.55. The zero-order chi connectivity index (χ0) is 12.9. The van der Waals surface area contributed by atoms with Gasteiger partial charge in [0.2, 0.25) is 0 Å². The van der Waals surface area contributed by atoms with E-state index in [1.807, 2.05) is 0 Å². The highest BCUT2D eigenvalue weighted by atomic mass is 16.3. The maximum atomic E-state index is 10.9. The van der Waals surface area contributed by atoms with Crippen LogP contribution < -0.4 is 5.32 Å². The first-order chi connectivity index (χ1) is 8.48. The van der Waals surface area contributed by atoms with E-state index in [9.17, 15) is 5.11 Å². The summed E-state index contributed by atoms with van der Waals surface area (Å²) in [5, 5.41) is 13.3. The van der Waals surface area contributed by atoms with Crippen molar-refractivity contribution in [1.82, 2.24) is 0 Å². The van der Waals surface area contributed by atoms with Crippen LogP contribution in [0.5, 0.6) is 0 Å². The standard InChI is InChI=1S/C16H29NO/c1-10(2)17-11(3)15(18)16-7-12-4-13(8-16)6-14(5-12)9-16/h10-15,17-18H,4-9H2,1-3H3/p+1/t11-,12?,13?,14?,15-,16?/m0/s1. The molecule has 4 fully saturated rings. The second-order valence-electron chi connectivity index (χ2n) is 8.02. The van der Waals surface area contributed by atoms with Gasteiger partial charge in [0.1, 0.15) is 12.1 Å². The Bertz CT molecular complexity index is 277. The molecule has 3 N–H and O–H groups in total. The molecule has 2 nitrogen and oxygen atoms in total. The Morgan fingerprint density at radius 2 is 1.39 bits per heavy atom. The van der Waals surface area contributed by atoms with Gasteiger partial charge < -0.3 is 10.4 Å². The fourth-order valence-electron chi connectivity index (χ4n) is 5.81. The van der Waals surface area contributed by atoms with Gasteiger partial charge in [-0.2, -0.15) is 0 Å². The molecule has 0 aromatic rings. The lowest BCUT2D eigenvalue weighted by molar-refractivity contribution is -0.721. The van der Waals surface area contributed by atoms with Crippen LogP contribution in [0.25, 0.3) is 0 Å². The molecule has 0 radical (unpaired) electrons. The average molecular weight is 252 g/mol. The van der Waals surface area contributed by atoms with E-state index in [0.717, 1.165) is 17.8 Å². The van der Waals surface area contributed by atoms with E-state index in [2.05, 4.69) is 26.1 Å². The Kier molecular flexibility index (Phi) is 3.22. The van der Waals surface area contributed by atoms with Crippen LogP contribution in [-0.2, 0) is 0 Å². The van der Waals surface area contributed by atoms with Gasteiger partial charge in [-0.3, -0.25) is 0 Å². The van der Waals surface area contributed by atoms with E-state index < -0.39 is 0 Å². The molecular weight excluding hydrogens is 222 g/mol. The molecule has 4 saturated carbocycles.